The van der Waals surface area contributed by atoms with Gasteiger partial charge < -0.3 is 4.98 Å². The fourth-order valence-corrected chi connectivity index (χ4v) is 15.1. The van der Waals surface area contributed by atoms with Gasteiger partial charge in [0.05, 0.1) is 33.3 Å². The van der Waals surface area contributed by atoms with E-state index in [0.717, 1.165) is 95.9 Å². The van der Waals surface area contributed by atoms with Crippen molar-refractivity contribution in [2.24, 2.45) is 4.99 Å². The average molecular weight is 1100 g/mol. The molecule has 1 N–H and O–H groups in total. The highest BCUT2D eigenvalue weighted by molar-refractivity contribution is 6.30. The standard InChI is InChI=1S/C79H55N7/c1-78(2)63-33-13-8-26-52(63)59-44-72-61(42-65(59)78)56-30-12-18-38-70(56)86(72)77-83-74(82-75(84-77)58-32-20-31-57-54-28-10-16-36-68(54)80-73(57)58)50-25-19-21-47(41-50)46-79(3)64-34-14-9-27-53(64)60-45-71-62(43-66(60)79)55-29-11-17-37-69(55)85(71)76-51(48-22-5-4-6-23-48)40-39-49-24-7-15-35-67(49)81-76/h4-38,40-45,80H,39,46H2,1-3H3. The summed E-state index contributed by atoms with van der Waals surface area (Å²) in [5, 5.41) is 7.03. The molecule has 0 amide bonds. The number of aliphatic imine (C=N–C) groups is 1. The van der Waals surface area contributed by atoms with Crippen LogP contribution in [0.3, 0.4) is 0 Å². The van der Waals surface area contributed by atoms with Crippen LogP contribution in [0, 0.1) is 0 Å². The predicted molar refractivity (Wildman–Crippen MR) is 354 cm³/mol. The SMILES string of the molecule is CC1(C)c2ccccc2-c2cc3c(cc21)c1ccccc1n3-c1nc(-c2cccc(CC3(C)c4ccccc4-c4cc5c(cc43)c3ccccc3n5C3=Nc4ccccc4CC=C3c3ccccc3)c2)nc(-c2cccc3c2[nH]c2ccccc23)n1. The highest BCUT2D eigenvalue weighted by Crippen LogP contribution is 2.54. The van der Waals surface area contributed by atoms with Crippen LogP contribution < -0.4 is 0 Å². The highest BCUT2D eigenvalue weighted by atomic mass is 15.2. The van der Waals surface area contributed by atoms with Crippen LogP contribution >= 0.6 is 0 Å². The molecule has 3 aliphatic rings. The maximum atomic E-state index is 5.61. The molecule has 1 unspecified atom stereocenters. The van der Waals surface area contributed by atoms with E-state index in [0.29, 0.717) is 17.6 Å². The van der Waals surface area contributed by atoms with E-state index in [-0.39, 0.29) is 5.41 Å². The third-order valence-corrected chi connectivity index (χ3v) is 19.2. The second-order valence-electron chi connectivity index (χ2n) is 24.4. The van der Waals surface area contributed by atoms with Crippen molar-refractivity contribution in [2.45, 2.75) is 44.4 Å². The molecule has 0 spiro atoms. The van der Waals surface area contributed by atoms with Crippen molar-refractivity contribution in [2.75, 3.05) is 0 Å². The third kappa shape index (κ3) is 7.03. The second kappa shape index (κ2) is 18.1. The van der Waals surface area contributed by atoms with Gasteiger partial charge in [-0.1, -0.05) is 209 Å². The first-order valence-corrected chi connectivity index (χ1v) is 29.9. The second-order valence-corrected chi connectivity index (χ2v) is 24.4. The fourth-order valence-electron chi connectivity index (χ4n) is 15.1. The number of aromatic amines is 1. The van der Waals surface area contributed by atoms with E-state index in [1.807, 2.05) is 0 Å². The van der Waals surface area contributed by atoms with Crippen LogP contribution in [0.25, 0.3) is 122 Å². The highest BCUT2D eigenvalue weighted by Gasteiger charge is 2.41. The number of nitrogens with one attached hydrogen (secondary N) is 1. The van der Waals surface area contributed by atoms with Crippen LogP contribution in [0.15, 0.2) is 254 Å². The number of fused-ring (bicyclic) bond motifs is 16. The van der Waals surface area contributed by atoms with Gasteiger partial charge in [0.15, 0.2) is 11.6 Å². The Hall–Kier alpha value is -10.8. The van der Waals surface area contributed by atoms with Crippen LogP contribution in [0.1, 0.15) is 59.7 Å². The monoisotopic (exact) mass is 1100 g/mol. The molecule has 11 aromatic carbocycles. The smallest absolute Gasteiger partial charge is 0.238 e. The Morgan fingerprint density at radius 1 is 0.419 bits per heavy atom. The van der Waals surface area contributed by atoms with Gasteiger partial charge in [0.2, 0.25) is 5.95 Å². The van der Waals surface area contributed by atoms with Crippen LogP contribution in [0.4, 0.5) is 5.69 Å². The Labute approximate surface area is 497 Å². The molecule has 0 saturated carbocycles. The van der Waals surface area contributed by atoms with E-state index in [9.17, 15) is 0 Å². The van der Waals surface area contributed by atoms with Gasteiger partial charge in [-0.25, -0.2) is 9.98 Å². The summed E-state index contributed by atoms with van der Waals surface area (Å²) in [6, 6.07) is 88.5. The molecule has 7 nitrogen and oxygen atoms in total. The van der Waals surface area contributed by atoms with Gasteiger partial charge in [0.25, 0.3) is 0 Å². The third-order valence-electron chi connectivity index (χ3n) is 19.2. The van der Waals surface area contributed by atoms with Gasteiger partial charge in [0, 0.05) is 65.4 Å². The van der Waals surface area contributed by atoms with Crippen molar-refractivity contribution in [3.05, 3.63) is 288 Å². The molecule has 1 atom stereocenters. The molecule has 0 saturated heterocycles. The molecule has 0 bridgehead atoms. The summed E-state index contributed by atoms with van der Waals surface area (Å²) < 4.78 is 4.70. The van der Waals surface area contributed by atoms with Gasteiger partial charge in [-0.15, -0.1) is 0 Å². The van der Waals surface area contributed by atoms with Crippen molar-refractivity contribution in [1.82, 2.24) is 29.1 Å². The number of allylic oxidation sites excluding steroid dienone is 2. The molecule has 18 rings (SSSR count). The quantitative estimate of drug-likeness (QED) is 0.180. The number of hydrogen-bond acceptors (Lipinski definition) is 4. The summed E-state index contributed by atoms with van der Waals surface area (Å²) in [6.07, 6.45) is 3.90. The minimum absolute atomic E-state index is 0.157. The summed E-state index contributed by atoms with van der Waals surface area (Å²) >= 11 is 0. The Bertz CT molecular complexity index is 5470. The number of H-pyrrole nitrogens is 1. The van der Waals surface area contributed by atoms with Gasteiger partial charge in [-0.2, -0.15) is 9.97 Å². The van der Waals surface area contributed by atoms with E-state index >= 15 is 0 Å². The molecular weight excluding hydrogens is 1050 g/mol. The van der Waals surface area contributed by atoms with Crippen molar-refractivity contribution in [1.29, 1.82) is 0 Å². The fraction of sp³-hybridized carbons (Fsp3) is 0.0886. The van der Waals surface area contributed by atoms with Crippen LogP contribution in [0.2, 0.25) is 0 Å². The van der Waals surface area contributed by atoms with E-state index in [4.69, 9.17) is 19.9 Å². The van der Waals surface area contributed by atoms with Crippen molar-refractivity contribution < 1.29 is 0 Å². The normalized spacial score (nSPS) is 15.7. The summed E-state index contributed by atoms with van der Waals surface area (Å²) in [5.41, 5.74) is 23.7. The lowest BCUT2D eigenvalue weighted by atomic mass is 9.75. The molecule has 406 valence electrons. The summed E-state index contributed by atoms with van der Waals surface area (Å²) in [6.45, 7) is 7.14. The molecule has 4 aromatic heterocycles. The molecular formula is C79H55N7. The number of rotatable bonds is 6. The molecule has 0 fully saturated rings. The van der Waals surface area contributed by atoms with Crippen molar-refractivity contribution >= 4 is 82.5 Å². The van der Waals surface area contributed by atoms with Gasteiger partial charge in [-0.3, -0.25) is 9.13 Å². The number of aromatic nitrogens is 6. The number of para-hydroxylation sites is 5. The topological polar surface area (TPSA) is 76.7 Å². The van der Waals surface area contributed by atoms with Crippen molar-refractivity contribution in [3.63, 3.8) is 0 Å². The number of benzene rings is 11. The van der Waals surface area contributed by atoms with Gasteiger partial charge in [0.1, 0.15) is 5.84 Å². The average Bonchev–Trinajstić information content (AvgIpc) is 1.64. The first-order valence-electron chi connectivity index (χ1n) is 29.9. The van der Waals surface area contributed by atoms with Crippen LogP contribution in [-0.4, -0.2) is 34.9 Å². The minimum atomic E-state index is -0.396. The Balaban J connectivity index is 0.814. The zero-order valence-electron chi connectivity index (χ0n) is 47.8. The zero-order chi connectivity index (χ0) is 57.0. The molecule has 0 radical (unpaired) electrons. The van der Waals surface area contributed by atoms with E-state index in [2.05, 4.69) is 284 Å². The first-order chi connectivity index (χ1) is 42.2. The minimum Gasteiger partial charge on any atom is -0.354 e. The molecule has 86 heavy (non-hydrogen) atoms. The van der Waals surface area contributed by atoms with E-state index in [1.165, 1.54) is 71.8 Å². The lowest BCUT2D eigenvalue weighted by Gasteiger charge is -2.28. The van der Waals surface area contributed by atoms with E-state index < -0.39 is 5.41 Å². The lowest BCUT2D eigenvalue weighted by molar-refractivity contribution is 0.583. The lowest BCUT2D eigenvalue weighted by Crippen LogP contribution is -2.24. The molecule has 1 aliphatic heterocycles. The molecule has 2 aliphatic carbocycles. The molecule has 7 heteroatoms. The molecule has 5 heterocycles. The van der Waals surface area contributed by atoms with Gasteiger partial charge in [-0.05, 0) is 135 Å². The number of nitrogens with zero attached hydrogens (tertiary/aromatic N) is 6. The Kier molecular flexibility index (Phi) is 10.3. The predicted octanol–water partition coefficient (Wildman–Crippen LogP) is 19.1. The summed E-state index contributed by atoms with van der Waals surface area (Å²) in [4.78, 5) is 26.0. The van der Waals surface area contributed by atoms with Crippen LogP contribution in [-0.2, 0) is 23.7 Å². The largest absolute Gasteiger partial charge is 0.354 e. The van der Waals surface area contributed by atoms with Crippen molar-refractivity contribution in [3.8, 4) is 51.0 Å². The number of hydrogen-bond donors (Lipinski definition) is 1. The van der Waals surface area contributed by atoms with Crippen LogP contribution in [0.5, 0.6) is 0 Å². The maximum absolute atomic E-state index is 5.61. The zero-order valence-corrected chi connectivity index (χ0v) is 47.8. The Morgan fingerprint density at radius 3 is 1.83 bits per heavy atom. The first kappa shape index (κ1) is 48.7. The van der Waals surface area contributed by atoms with E-state index in [1.54, 1.807) is 0 Å². The summed E-state index contributed by atoms with van der Waals surface area (Å²) in [7, 11) is 0. The maximum Gasteiger partial charge on any atom is 0.238 e. The Morgan fingerprint density at radius 2 is 1.01 bits per heavy atom. The summed E-state index contributed by atoms with van der Waals surface area (Å²) in [5.74, 6) is 2.71. The van der Waals surface area contributed by atoms with Gasteiger partial charge >= 0.3 is 0 Å². The molecule has 15 aromatic rings.